The highest BCUT2D eigenvalue weighted by molar-refractivity contribution is 5.79. The largest absolute Gasteiger partial charge is 0.300 e. The molecule has 1 nitrogen and oxygen atoms in total. The highest BCUT2D eigenvalue weighted by Crippen LogP contribution is 2.28. The minimum Gasteiger partial charge on any atom is -0.300 e. The highest BCUT2D eigenvalue weighted by Gasteiger charge is 2.20. The minimum absolute atomic E-state index is 0.500. The monoisotopic (exact) mass is 182 g/mol. The van der Waals surface area contributed by atoms with E-state index in [1.165, 1.54) is 25.7 Å². The molecule has 0 amide bonds. The standard InChI is InChI=1S/C12H22O/c1-3-5-10(2)8-11-6-4-7-12(13)9-11/h10-11H,3-9H2,1-2H3. The predicted octanol–water partition coefficient (Wildman–Crippen LogP) is 3.57. The summed E-state index contributed by atoms with van der Waals surface area (Å²) in [7, 11) is 0. The molecule has 76 valence electrons. The molecular formula is C12H22O. The zero-order valence-electron chi connectivity index (χ0n) is 9.01. The first kappa shape index (κ1) is 10.7. The van der Waals surface area contributed by atoms with Crippen molar-refractivity contribution in [1.82, 2.24) is 0 Å². The van der Waals surface area contributed by atoms with E-state index in [2.05, 4.69) is 13.8 Å². The number of hydrogen-bond acceptors (Lipinski definition) is 1. The van der Waals surface area contributed by atoms with Crippen molar-refractivity contribution in [1.29, 1.82) is 0 Å². The number of carbonyl (C=O) groups is 1. The van der Waals surface area contributed by atoms with Gasteiger partial charge in [-0.15, -0.1) is 0 Å². The van der Waals surface area contributed by atoms with Crippen LogP contribution in [0.2, 0.25) is 0 Å². The molecule has 0 N–H and O–H groups in total. The van der Waals surface area contributed by atoms with Gasteiger partial charge in [-0.25, -0.2) is 0 Å². The maximum Gasteiger partial charge on any atom is 0.133 e. The van der Waals surface area contributed by atoms with Gasteiger partial charge in [-0.05, 0) is 31.1 Å². The second-order valence-electron chi connectivity index (χ2n) is 4.63. The van der Waals surface area contributed by atoms with Gasteiger partial charge in [0.1, 0.15) is 5.78 Å². The van der Waals surface area contributed by atoms with Crippen LogP contribution in [-0.2, 0) is 4.79 Å². The topological polar surface area (TPSA) is 17.1 Å². The summed E-state index contributed by atoms with van der Waals surface area (Å²) in [6, 6.07) is 0. The zero-order chi connectivity index (χ0) is 9.68. The van der Waals surface area contributed by atoms with Crippen molar-refractivity contribution in [3.05, 3.63) is 0 Å². The van der Waals surface area contributed by atoms with Crippen molar-refractivity contribution >= 4 is 5.78 Å². The molecule has 0 bridgehead atoms. The van der Waals surface area contributed by atoms with Gasteiger partial charge in [0.15, 0.2) is 0 Å². The van der Waals surface area contributed by atoms with Crippen molar-refractivity contribution in [2.24, 2.45) is 11.8 Å². The summed E-state index contributed by atoms with van der Waals surface area (Å²) in [5.41, 5.74) is 0. The highest BCUT2D eigenvalue weighted by atomic mass is 16.1. The van der Waals surface area contributed by atoms with Crippen molar-refractivity contribution in [3.8, 4) is 0 Å². The van der Waals surface area contributed by atoms with E-state index in [0.717, 1.165) is 25.2 Å². The third kappa shape index (κ3) is 3.93. The summed E-state index contributed by atoms with van der Waals surface area (Å²) in [6.07, 6.45) is 8.03. The van der Waals surface area contributed by atoms with Gasteiger partial charge in [0.05, 0.1) is 0 Å². The lowest BCUT2D eigenvalue weighted by Gasteiger charge is -2.23. The van der Waals surface area contributed by atoms with Crippen molar-refractivity contribution < 1.29 is 4.79 Å². The molecule has 2 atom stereocenters. The van der Waals surface area contributed by atoms with Gasteiger partial charge in [-0.3, -0.25) is 4.79 Å². The Morgan fingerprint density at radius 3 is 2.92 bits per heavy atom. The first-order valence-electron chi connectivity index (χ1n) is 5.74. The van der Waals surface area contributed by atoms with Crippen LogP contribution in [0, 0.1) is 11.8 Å². The third-order valence-electron chi connectivity index (χ3n) is 3.10. The van der Waals surface area contributed by atoms with E-state index >= 15 is 0 Å². The first-order chi connectivity index (χ1) is 6.22. The fourth-order valence-electron chi connectivity index (χ4n) is 2.49. The van der Waals surface area contributed by atoms with E-state index in [1.54, 1.807) is 0 Å². The molecule has 2 unspecified atom stereocenters. The molecule has 0 heterocycles. The van der Waals surface area contributed by atoms with E-state index < -0.39 is 0 Å². The van der Waals surface area contributed by atoms with Gasteiger partial charge in [0.2, 0.25) is 0 Å². The maximum absolute atomic E-state index is 11.2. The molecule has 1 aliphatic carbocycles. The first-order valence-corrected chi connectivity index (χ1v) is 5.74. The Hall–Kier alpha value is -0.330. The lowest BCUT2D eigenvalue weighted by Crippen LogP contribution is -2.17. The molecule has 13 heavy (non-hydrogen) atoms. The number of Topliss-reactive ketones (excluding diaryl/α,β-unsaturated/α-hetero) is 1. The maximum atomic E-state index is 11.2. The van der Waals surface area contributed by atoms with Crippen LogP contribution in [-0.4, -0.2) is 5.78 Å². The fraction of sp³-hybridized carbons (Fsp3) is 0.917. The number of ketones is 1. The molecule has 0 spiro atoms. The predicted molar refractivity (Wildman–Crippen MR) is 55.7 cm³/mol. The quantitative estimate of drug-likeness (QED) is 0.649. The van der Waals surface area contributed by atoms with E-state index in [4.69, 9.17) is 0 Å². The van der Waals surface area contributed by atoms with Crippen LogP contribution in [0.3, 0.4) is 0 Å². The molecular weight excluding hydrogens is 160 g/mol. The molecule has 0 aromatic rings. The molecule has 0 aromatic heterocycles. The zero-order valence-corrected chi connectivity index (χ0v) is 9.01. The van der Waals surface area contributed by atoms with Crippen molar-refractivity contribution in [2.75, 3.05) is 0 Å². The van der Waals surface area contributed by atoms with Gasteiger partial charge in [0.25, 0.3) is 0 Å². The number of carbonyl (C=O) groups excluding carboxylic acids is 1. The Morgan fingerprint density at radius 1 is 1.54 bits per heavy atom. The second kappa shape index (κ2) is 5.41. The summed E-state index contributed by atoms with van der Waals surface area (Å²) in [6.45, 7) is 4.56. The molecule has 1 heteroatoms. The average molecular weight is 182 g/mol. The van der Waals surface area contributed by atoms with Gasteiger partial charge in [-0.1, -0.05) is 26.7 Å². The Kier molecular flexibility index (Phi) is 4.47. The molecule has 0 aromatic carbocycles. The van der Waals surface area contributed by atoms with Crippen molar-refractivity contribution in [2.45, 2.75) is 58.8 Å². The Balaban J connectivity index is 2.23. The van der Waals surface area contributed by atoms with Gasteiger partial charge >= 0.3 is 0 Å². The molecule has 0 saturated heterocycles. The Labute approximate surface area is 81.9 Å². The van der Waals surface area contributed by atoms with Crippen LogP contribution < -0.4 is 0 Å². The summed E-state index contributed by atoms with van der Waals surface area (Å²) >= 11 is 0. The summed E-state index contributed by atoms with van der Waals surface area (Å²) in [4.78, 5) is 11.2. The molecule has 1 rings (SSSR count). The summed E-state index contributed by atoms with van der Waals surface area (Å²) in [5, 5.41) is 0. The summed E-state index contributed by atoms with van der Waals surface area (Å²) in [5.74, 6) is 2.03. The minimum atomic E-state index is 0.500. The Morgan fingerprint density at radius 2 is 2.31 bits per heavy atom. The van der Waals surface area contributed by atoms with Crippen LogP contribution >= 0.6 is 0 Å². The van der Waals surface area contributed by atoms with Crippen LogP contribution in [0.4, 0.5) is 0 Å². The van der Waals surface area contributed by atoms with Crippen LogP contribution in [0.5, 0.6) is 0 Å². The molecule has 0 radical (unpaired) electrons. The smallest absolute Gasteiger partial charge is 0.133 e. The molecule has 1 fully saturated rings. The Bertz CT molecular complexity index is 163. The average Bonchev–Trinajstić information content (AvgIpc) is 2.04. The van der Waals surface area contributed by atoms with E-state index in [-0.39, 0.29) is 0 Å². The van der Waals surface area contributed by atoms with E-state index in [1.807, 2.05) is 0 Å². The van der Waals surface area contributed by atoms with Gasteiger partial charge in [-0.2, -0.15) is 0 Å². The van der Waals surface area contributed by atoms with Crippen LogP contribution in [0.25, 0.3) is 0 Å². The van der Waals surface area contributed by atoms with Crippen molar-refractivity contribution in [3.63, 3.8) is 0 Å². The molecule has 1 aliphatic rings. The third-order valence-corrected chi connectivity index (χ3v) is 3.10. The lowest BCUT2D eigenvalue weighted by atomic mass is 9.81. The number of hydrogen-bond donors (Lipinski definition) is 0. The molecule has 1 saturated carbocycles. The van der Waals surface area contributed by atoms with Crippen LogP contribution in [0.1, 0.15) is 58.8 Å². The molecule has 0 aliphatic heterocycles. The summed E-state index contributed by atoms with van der Waals surface area (Å²) < 4.78 is 0. The van der Waals surface area contributed by atoms with Crippen LogP contribution in [0.15, 0.2) is 0 Å². The van der Waals surface area contributed by atoms with Gasteiger partial charge < -0.3 is 0 Å². The SMILES string of the molecule is CCCC(C)CC1CCCC(=O)C1. The van der Waals surface area contributed by atoms with Gasteiger partial charge in [0, 0.05) is 12.8 Å². The second-order valence-corrected chi connectivity index (χ2v) is 4.63. The number of rotatable bonds is 4. The van der Waals surface area contributed by atoms with E-state index in [9.17, 15) is 4.79 Å². The fourth-order valence-corrected chi connectivity index (χ4v) is 2.49. The lowest BCUT2D eigenvalue weighted by molar-refractivity contribution is -0.121. The normalized spacial score (nSPS) is 26.0. The van der Waals surface area contributed by atoms with E-state index in [0.29, 0.717) is 11.7 Å².